The summed E-state index contributed by atoms with van der Waals surface area (Å²) < 4.78 is 17.9. The van der Waals surface area contributed by atoms with Gasteiger partial charge in [-0.25, -0.2) is 9.18 Å². The normalized spacial score (nSPS) is 12.1. The van der Waals surface area contributed by atoms with Crippen LogP contribution in [0.15, 0.2) is 18.2 Å². The molecule has 0 fully saturated rings. The van der Waals surface area contributed by atoms with Gasteiger partial charge in [-0.3, -0.25) is 4.79 Å². The summed E-state index contributed by atoms with van der Waals surface area (Å²) in [5.74, 6) is -1.38. The van der Waals surface area contributed by atoms with Gasteiger partial charge >= 0.3 is 5.97 Å². The molecule has 1 aromatic rings. The molecule has 20 heavy (non-hydrogen) atoms. The van der Waals surface area contributed by atoms with E-state index in [9.17, 15) is 14.0 Å². The summed E-state index contributed by atoms with van der Waals surface area (Å²) in [4.78, 5) is 23.5. The second kappa shape index (κ2) is 6.88. The third-order valence-electron chi connectivity index (χ3n) is 2.57. The van der Waals surface area contributed by atoms with Gasteiger partial charge in [0.2, 0.25) is 0 Å². The molecule has 110 valence electrons. The quantitative estimate of drug-likeness (QED) is 0.636. The van der Waals surface area contributed by atoms with Crippen LogP contribution in [0.5, 0.6) is 0 Å². The van der Waals surface area contributed by atoms with Crippen molar-refractivity contribution in [3.8, 4) is 0 Å². The second-order valence-corrected chi connectivity index (χ2v) is 4.92. The molecule has 0 heterocycles. The fraction of sp³-hybridized carbons (Fsp3) is 0.429. The number of hydrogen-bond acceptors (Lipinski definition) is 4. The Morgan fingerprint density at radius 2 is 2.00 bits per heavy atom. The van der Waals surface area contributed by atoms with Gasteiger partial charge in [0.25, 0.3) is 5.91 Å². The van der Waals surface area contributed by atoms with E-state index in [4.69, 9.17) is 10.5 Å². The highest BCUT2D eigenvalue weighted by atomic mass is 19.1. The van der Waals surface area contributed by atoms with Crippen molar-refractivity contribution in [2.75, 3.05) is 12.3 Å². The smallest absolute Gasteiger partial charge is 0.341 e. The van der Waals surface area contributed by atoms with Gasteiger partial charge in [-0.05, 0) is 31.0 Å². The molecule has 6 heteroatoms. The first kappa shape index (κ1) is 15.9. The van der Waals surface area contributed by atoms with E-state index in [2.05, 4.69) is 5.32 Å². The Labute approximate surface area is 117 Å². The van der Waals surface area contributed by atoms with Crippen LogP contribution in [0, 0.1) is 11.7 Å². The Morgan fingerprint density at radius 1 is 1.35 bits per heavy atom. The SMILES string of the molecule is CC(C)CNC(=O)C(C)OC(=O)c1ccc(F)cc1N. The lowest BCUT2D eigenvalue weighted by atomic mass is 10.2. The van der Waals surface area contributed by atoms with E-state index in [1.165, 1.54) is 13.0 Å². The van der Waals surface area contributed by atoms with Gasteiger partial charge in [-0.1, -0.05) is 13.8 Å². The van der Waals surface area contributed by atoms with E-state index in [1.807, 2.05) is 13.8 Å². The third kappa shape index (κ3) is 4.53. The minimum atomic E-state index is -0.939. The fourth-order valence-electron chi connectivity index (χ4n) is 1.45. The number of hydrogen-bond donors (Lipinski definition) is 2. The van der Waals surface area contributed by atoms with Crippen molar-refractivity contribution in [2.45, 2.75) is 26.9 Å². The molecule has 1 atom stereocenters. The lowest BCUT2D eigenvalue weighted by molar-refractivity contribution is -0.129. The summed E-state index contributed by atoms with van der Waals surface area (Å²) in [5, 5.41) is 2.66. The molecule has 0 spiro atoms. The Kier molecular flexibility index (Phi) is 5.49. The van der Waals surface area contributed by atoms with E-state index < -0.39 is 17.9 Å². The monoisotopic (exact) mass is 282 g/mol. The predicted octanol–water partition coefficient (Wildman–Crippen LogP) is 1.73. The number of ether oxygens (including phenoxy) is 1. The lowest BCUT2D eigenvalue weighted by Crippen LogP contribution is -2.37. The minimum absolute atomic E-state index is 0.0233. The molecule has 0 radical (unpaired) electrons. The standard InChI is InChI=1S/C14H19FN2O3/c1-8(2)7-17-13(18)9(3)20-14(19)11-5-4-10(15)6-12(11)16/h4-6,8-9H,7,16H2,1-3H3,(H,17,18). The van der Waals surface area contributed by atoms with Crippen LogP contribution < -0.4 is 11.1 Å². The van der Waals surface area contributed by atoms with Crippen LogP contribution >= 0.6 is 0 Å². The second-order valence-electron chi connectivity index (χ2n) is 4.92. The number of anilines is 1. The van der Waals surface area contributed by atoms with Crippen molar-refractivity contribution >= 4 is 17.6 Å². The molecule has 0 bridgehead atoms. The zero-order chi connectivity index (χ0) is 15.3. The number of esters is 1. The number of nitrogens with two attached hydrogens (primary N) is 1. The summed E-state index contributed by atoms with van der Waals surface area (Å²) in [6.45, 7) is 5.87. The van der Waals surface area contributed by atoms with Crippen LogP contribution in [-0.4, -0.2) is 24.5 Å². The maximum atomic E-state index is 12.9. The summed E-state index contributed by atoms with van der Waals surface area (Å²) in [7, 11) is 0. The summed E-state index contributed by atoms with van der Waals surface area (Å²) >= 11 is 0. The maximum absolute atomic E-state index is 12.9. The van der Waals surface area contributed by atoms with Gasteiger partial charge in [0, 0.05) is 12.2 Å². The van der Waals surface area contributed by atoms with Crippen molar-refractivity contribution in [3.05, 3.63) is 29.6 Å². The largest absolute Gasteiger partial charge is 0.449 e. The van der Waals surface area contributed by atoms with Gasteiger partial charge in [-0.15, -0.1) is 0 Å². The molecule has 0 aromatic heterocycles. The van der Waals surface area contributed by atoms with Crippen LogP contribution in [0.1, 0.15) is 31.1 Å². The molecular formula is C14H19FN2O3. The Hall–Kier alpha value is -2.11. The van der Waals surface area contributed by atoms with Crippen LogP contribution in [-0.2, 0) is 9.53 Å². The molecule has 0 saturated heterocycles. The van der Waals surface area contributed by atoms with E-state index in [-0.39, 0.29) is 17.2 Å². The van der Waals surface area contributed by atoms with E-state index in [1.54, 1.807) is 0 Å². The topological polar surface area (TPSA) is 81.4 Å². The van der Waals surface area contributed by atoms with Crippen LogP contribution in [0.25, 0.3) is 0 Å². The highest BCUT2D eigenvalue weighted by molar-refractivity contribution is 5.96. The average molecular weight is 282 g/mol. The van der Waals surface area contributed by atoms with Gasteiger partial charge in [0.1, 0.15) is 5.82 Å². The first-order valence-corrected chi connectivity index (χ1v) is 6.35. The highest BCUT2D eigenvalue weighted by Gasteiger charge is 2.20. The summed E-state index contributed by atoms with van der Waals surface area (Å²) in [6, 6.07) is 3.36. The van der Waals surface area contributed by atoms with Crippen molar-refractivity contribution in [1.29, 1.82) is 0 Å². The van der Waals surface area contributed by atoms with Crippen LogP contribution in [0.4, 0.5) is 10.1 Å². The number of benzene rings is 1. The zero-order valence-corrected chi connectivity index (χ0v) is 11.8. The number of amides is 1. The van der Waals surface area contributed by atoms with E-state index in [0.29, 0.717) is 12.5 Å². The molecule has 0 aliphatic carbocycles. The van der Waals surface area contributed by atoms with Crippen molar-refractivity contribution in [2.24, 2.45) is 5.92 Å². The molecule has 5 nitrogen and oxygen atoms in total. The molecule has 1 unspecified atom stereocenters. The average Bonchev–Trinajstić information content (AvgIpc) is 2.35. The van der Waals surface area contributed by atoms with Gasteiger partial charge < -0.3 is 15.8 Å². The fourth-order valence-corrected chi connectivity index (χ4v) is 1.45. The minimum Gasteiger partial charge on any atom is -0.449 e. The Morgan fingerprint density at radius 3 is 2.55 bits per heavy atom. The van der Waals surface area contributed by atoms with E-state index >= 15 is 0 Å². The molecule has 1 aromatic carbocycles. The molecule has 0 aliphatic rings. The van der Waals surface area contributed by atoms with Crippen LogP contribution in [0.3, 0.4) is 0 Å². The van der Waals surface area contributed by atoms with Crippen molar-refractivity contribution in [3.63, 3.8) is 0 Å². The predicted molar refractivity (Wildman–Crippen MR) is 73.5 cm³/mol. The number of halogens is 1. The Bertz CT molecular complexity index is 503. The molecule has 3 N–H and O–H groups in total. The van der Waals surface area contributed by atoms with E-state index in [0.717, 1.165) is 12.1 Å². The number of carbonyl (C=O) groups is 2. The van der Waals surface area contributed by atoms with Gasteiger partial charge in [0.05, 0.1) is 5.56 Å². The lowest BCUT2D eigenvalue weighted by Gasteiger charge is -2.15. The number of nitrogen functional groups attached to an aromatic ring is 1. The molecule has 1 rings (SSSR count). The highest BCUT2D eigenvalue weighted by Crippen LogP contribution is 2.15. The number of carbonyl (C=O) groups excluding carboxylic acids is 2. The maximum Gasteiger partial charge on any atom is 0.341 e. The number of rotatable bonds is 5. The Balaban J connectivity index is 2.63. The molecule has 0 saturated carbocycles. The molecular weight excluding hydrogens is 263 g/mol. The first-order valence-electron chi connectivity index (χ1n) is 6.35. The van der Waals surface area contributed by atoms with Crippen LogP contribution in [0.2, 0.25) is 0 Å². The van der Waals surface area contributed by atoms with Gasteiger partial charge in [0.15, 0.2) is 6.10 Å². The summed E-state index contributed by atoms with van der Waals surface area (Å²) in [6.07, 6.45) is -0.939. The van der Waals surface area contributed by atoms with Crippen molar-refractivity contribution in [1.82, 2.24) is 5.32 Å². The van der Waals surface area contributed by atoms with Gasteiger partial charge in [-0.2, -0.15) is 0 Å². The third-order valence-corrected chi connectivity index (χ3v) is 2.57. The molecule has 0 aliphatic heterocycles. The first-order chi connectivity index (χ1) is 9.31. The zero-order valence-electron chi connectivity index (χ0n) is 11.8. The van der Waals surface area contributed by atoms with Crippen molar-refractivity contribution < 1.29 is 18.7 Å². The summed E-state index contributed by atoms with van der Waals surface area (Å²) in [5.41, 5.74) is 5.54. The molecule has 1 amide bonds. The number of nitrogens with one attached hydrogen (secondary N) is 1.